The van der Waals surface area contributed by atoms with Crippen molar-refractivity contribution in [1.82, 2.24) is 0 Å². The summed E-state index contributed by atoms with van der Waals surface area (Å²) in [5, 5.41) is 3.26. The molecule has 1 heterocycles. The Labute approximate surface area is 145 Å². The van der Waals surface area contributed by atoms with Crippen LogP contribution in [0.15, 0.2) is 30.3 Å². The summed E-state index contributed by atoms with van der Waals surface area (Å²) in [6.07, 6.45) is 0. The lowest BCUT2D eigenvalue weighted by Crippen LogP contribution is -2.16. The van der Waals surface area contributed by atoms with E-state index >= 15 is 0 Å². The van der Waals surface area contributed by atoms with Crippen molar-refractivity contribution in [3.05, 3.63) is 46.5 Å². The Hall–Kier alpha value is -2.40. The van der Waals surface area contributed by atoms with Crippen LogP contribution in [-0.4, -0.2) is 19.1 Å². The Morgan fingerprint density at radius 3 is 2.83 bits per heavy atom. The van der Waals surface area contributed by atoms with Gasteiger partial charge in [-0.25, -0.2) is 0 Å². The lowest BCUT2D eigenvalue weighted by molar-refractivity contribution is -0.114. The Kier molecular flexibility index (Phi) is 4.81. The van der Waals surface area contributed by atoms with Crippen molar-refractivity contribution in [2.45, 2.75) is 20.5 Å². The first-order valence-corrected chi connectivity index (χ1v) is 8.00. The highest BCUT2D eigenvalue weighted by molar-refractivity contribution is 6.32. The fraction of sp³-hybridized carbons (Fsp3) is 0.278. The third kappa shape index (κ3) is 3.74. The first-order valence-electron chi connectivity index (χ1n) is 7.62. The average molecular weight is 348 g/mol. The number of nitrogens with one attached hydrogen (secondary N) is 1. The summed E-state index contributed by atoms with van der Waals surface area (Å²) in [7, 11) is 0. The SMILES string of the molecule is CC(=O)Nc1ccc(C)cc1OCc1cc(Cl)c2c(c1)OCCO2. The zero-order valence-corrected chi connectivity index (χ0v) is 14.3. The summed E-state index contributed by atoms with van der Waals surface area (Å²) < 4.78 is 17.0. The Balaban J connectivity index is 1.80. The number of ether oxygens (including phenoxy) is 3. The second-order valence-corrected chi connectivity index (χ2v) is 5.98. The summed E-state index contributed by atoms with van der Waals surface area (Å²) in [6, 6.07) is 9.27. The van der Waals surface area contributed by atoms with Gasteiger partial charge in [-0.05, 0) is 42.3 Å². The smallest absolute Gasteiger partial charge is 0.221 e. The molecule has 24 heavy (non-hydrogen) atoms. The Morgan fingerprint density at radius 2 is 2.04 bits per heavy atom. The minimum absolute atomic E-state index is 0.147. The van der Waals surface area contributed by atoms with E-state index in [2.05, 4.69) is 5.32 Å². The van der Waals surface area contributed by atoms with Gasteiger partial charge in [0.2, 0.25) is 5.91 Å². The Bertz CT molecular complexity index is 776. The number of rotatable bonds is 4. The van der Waals surface area contributed by atoms with Crippen LogP contribution in [0.1, 0.15) is 18.1 Å². The molecule has 1 N–H and O–H groups in total. The zero-order valence-electron chi connectivity index (χ0n) is 13.5. The van der Waals surface area contributed by atoms with E-state index in [0.717, 1.165) is 11.1 Å². The van der Waals surface area contributed by atoms with Gasteiger partial charge >= 0.3 is 0 Å². The van der Waals surface area contributed by atoms with E-state index in [0.29, 0.717) is 47.8 Å². The summed E-state index contributed by atoms with van der Waals surface area (Å²) in [4.78, 5) is 11.3. The molecule has 2 aromatic carbocycles. The van der Waals surface area contributed by atoms with Crippen LogP contribution in [0, 0.1) is 6.92 Å². The summed E-state index contributed by atoms with van der Waals surface area (Å²) in [5.41, 5.74) is 2.54. The van der Waals surface area contributed by atoms with Gasteiger partial charge in [-0.15, -0.1) is 0 Å². The number of anilines is 1. The Morgan fingerprint density at radius 1 is 1.25 bits per heavy atom. The van der Waals surface area contributed by atoms with Crippen molar-refractivity contribution in [2.24, 2.45) is 0 Å². The summed E-state index contributed by atoms with van der Waals surface area (Å²) >= 11 is 6.24. The molecule has 0 saturated heterocycles. The predicted octanol–water partition coefficient (Wildman–Crippen LogP) is 3.96. The molecule has 0 bridgehead atoms. The molecule has 0 saturated carbocycles. The van der Waals surface area contributed by atoms with Crippen molar-refractivity contribution in [3.8, 4) is 17.2 Å². The standard InChI is InChI=1S/C18H18ClNO4/c1-11-3-4-15(20-12(2)21)16(7-11)24-10-13-8-14(19)18-17(9-13)22-5-6-23-18/h3-4,7-9H,5-6,10H2,1-2H3,(H,20,21). The van der Waals surface area contributed by atoms with E-state index < -0.39 is 0 Å². The topological polar surface area (TPSA) is 56.8 Å². The molecule has 6 heteroatoms. The number of amides is 1. The molecule has 126 valence electrons. The quantitative estimate of drug-likeness (QED) is 0.909. The lowest BCUT2D eigenvalue weighted by Gasteiger charge is -2.20. The maximum Gasteiger partial charge on any atom is 0.221 e. The number of fused-ring (bicyclic) bond motifs is 1. The van der Waals surface area contributed by atoms with Crippen LogP contribution in [0.5, 0.6) is 17.2 Å². The molecule has 0 atom stereocenters. The van der Waals surface area contributed by atoms with Crippen LogP contribution in [0.4, 0.5) is 5.69 Å². The highest BCUT2D eigenvalue weighted by atomic mass is 35.5. The van der Waals surface area contributed by atoms with Gasteiger partial charge in [0.1, 0.15) is 25.6 Å². The van der Waals surface area contributed by atoms with Crippen molar-refractivity contribution < 1.29 is 19.0 Å². The normalized spacial score (nSPS) is 12.6. The van der Waals surface area contributed by atoms with E-state index in [4.69, 9.17) is 25.8 Å². The maximum atomic E-state index is 11.3. The molecule has 2 aromatic rings. The maximum absolute atomic E-state index is 11.3. The van der Waals surface area contributed by atoms with E-state index in [1.165, 1.54) is 6.92 Å². The lowest BCUT2D eigenvalue weighted by atomic mass is 10.2. The van der Waals surface area contributed by atoms with Crippen LogP contribution in [0.3, 0.4) is 0 Å². The molecule has 0 fully saturated rings. The van der Waals surface area contributed by atoms with Gasteiger partial charge in [-0.2, -0.15) is 0 Å². The third-order valence-electron chi connectivity index (χ3n) is 3.50. The van der Waals surface area contributed by atoms with Crippen molar-refractivity contribution in [1.29, 1.82) is 0 Å². The molecule has 1 amide bonds. The number of carbonyl (C=O) groups is 1. The van der Waals surface area contributed by atoms with Gasteiger partial charge in [0, 0.05) is 6.92 Å². The van der Waals surface area contributed by atoms with Crippen LogP contribution in [0.25, 0.3) is 0 Å². The first kappa shape index (κ1) is 16.5. The van der Waals surface area contributed by atoms with E-state index in [-0.39, 0.29) is 5.91 Å². The number of benzene rings is 2. The summed E-state index contributed by atoms with van der Waals surface area (Å²) in [6.45, 7) is 4.71. The van der Waals surface area contributed by atoms with Crippen molar-refractivity contribution >= 4 is 23.2 Å². The molecule has 0 spiro atoms. The highest BCUT2D eigenvalue weighted by Crippen LogP contribution is 2.38. The van der Waals surface area contributed by atoms with Gasteiger partial charge in [0.05, 0.1) is 10.7 Å². The highest BCUT2D eigenvalue weighted by Gasteiger charge is 2.17. The second kappa shape index (κ2) is 7.01. The van der Waals surface area contributed by atoms with Gasteiger partial charge in [0.25, 0.3) is 0 Å². The summed E-state index contributed by atoms with van der Waals surface area (Å²) in [5.74, 6) is 1.65. The molecular weight excluding hydrogens is 330 g/mol. The van der Waals surface area contributed by atoms with Crippen molar-refractivity contribution in [2.75, 3.05) is 18.5 Å². The van der Waals surface area contributed by atoms with Crippen molar-refractivity contribution in [3.63, 3.8) is 0 Å². The second-order valence-electron chi connectivity index (χ2n) is 5.57. The fourth-order valence-corrected chi connectivity index (χ4v) is 2.74. The van der Waals surface area contributed by atoms with Crippen LogP contribution >= 0.6 is 11.6 Å². The van der Waals surface area contributed by atoms with Crippen LogP contribution in [-0.2, 0) is 11.4 Å². The average Bonchev–Trinajstić information content (AvgIpc) is 2.55. The molecule has 0 aromatic heterocycles. The number of aryl methyl sites for hydroxylation is 1. The van der Waals surface area contributed by atoms with Gasteiger partial charge < -0.3 is 19.5 Å². The monoisotopic (exact) mass is 347 g/mol. The third-order valence-corrected chi connectivity index (χ3v) is 3.78. The van der Waals surface area contributed by atoms with Gasteiger partial charge in [0.15, 0.2) is 11.5 Å². The first-order chi connectivity index (χ1) is 11.5. The zero-order chi connectivity index (χ0) is 17.1. The molecule has 0 unspecified atom stereocenters. The minimum Gasteiger partial charge on any atom is -0.487 e. The largest absolute Gasteiger partial charge is 0.487 e. The fourth-order valence-electron chi connectivity index (χ4n) is 2.45. The van der Waals surface area contributed by atoms with Gasteiger partial charge in [-0.3, -0.25) is 4.79 Å². The number of hydrogen-bond donors (Lipinski definition) is 1. The van der Waals surface area contributed by atoms with E-state index in [1.54, 1.807) is 6.07 Å². The molecule has 0 aliphatic carbocycles. The van der Waals surface area contributed by atoms with Crippen LogP contribution in [0.2, 0.25) is 5.02 Å². The van der Waals surface area contributed by atoms with E-state index in [9.17, 15) is 4.79 Å². The van der Waals surface area contributed by atoms with E-state index in [1.807, 2.05) is 31.2 Å². The molecule has 1 aliphatic heterocycles. The number of carbonyl (C=O) groups excluding carboxylic acids is 1. The minimum atomic E-state index is -0.147. The van der Waals surface area contributed by atoms with Gasteiger partial charge in [-0.1, -0.05) is 17.7 Å². The number of hydrogen-bond acceptors (Lipinski definition) is 4. The number of halogens is 1. The molecule has 0 radical (unpaired) electrons. The van der Waals surface area contributed by atoms with Crippen LogP contribution < -0.4 is 19.5 Å². The molecule has 5 nitrogen and oxygen atoms in total. The molecule has 3 rings (SSSR count). The molecule has 1 aliphatic rings. The predicted molar refractivity (Wildman–Crippen MR) is 92.3 cm³/mol. The molecular formula is C18H18ClNO4.